The van der Waals surface area contributed by atoms with E-state index in [1.807, 2.05) is 54.6 Å². The second kappa shape index (κ2) is 6.35. The maximum Gasteiger partial charge on any atom is 0.248 e. The number of carbonyl (C=O) groups is 2. The fourth-order valence-corrected chi connectivity index (χ4v) is 3.00. The van der Waals surface area contributed by atoms with Gasteiger partial charge in [-0.3, -0.25) is 9.59 Å². The number of hydrogen-bond acceptors (Lipinski definition) is 4. The van der Waals surface area contributed by atoms with Gasteiger partial charge in [-0.15, -0.1) is 5.10 Å². The third kappa shape index (κ3) is 2.84. The molecular weight excluding hydrogens is 318 g/mol. The molecule has 0 radical (unpaired) electrons. The Labute approximate surface area is 144 Å². The summed E-state index contributed by atoms with van der Waals surface area (Å²) < 4.78 is 1.63. The number of carbonyl (C=O) groups excluding carboxylic acids is 2. The Balaban J connectivity index is 1.54. The van der Waals surface area contributed by atoms with E-state index in [1.54, 1.807) is 9.58 Å². The highest BCUT2D eigenvalue weighted by molar-refractivity contribution is 5.91. The molecule has 2 amide bonds. The summed E-state index contributed by atoms with van der Waals surface area (Å²) in [7, 11) is 0. The molecule has 2 aromatic carbocycles. The molecule has 0 saturated carbocycles. The summed E-state index contributed by atoms with van der Waals surface area (Å²) in [5.41, 5.74) is 2.42. The van der Waals surface area contributed by atoms with Crippen LogP contribution in [0.3, 0.4) is 0 Å². The van der Waals surface area contributed by atoms with Crippen molar-refractivity contribution in [2.75, 3.05) is 6.54 Å². The first kappa shape index (κ1) is 15.3. The van der Waals surface area contributed by atoms with Crippen molar-refractivity contribution < 1.29 is 9.59 Å². The molecule has 1 unspecified atom stereocenters. The normalized spacial score (nSPS) is 15.0. The Morgan fingerprint density at radius 3 is 2.60 bits per heavy atom. The molecule has 0 bridgehead atoms. The standard InChI is InChI=1S/C18H17N5O2/c24-16-10-11-22(16)17(13-6-2-1-3-7-13)18(25)19-12-23-15-9-5-4-8-14(15)20-21-23/h1-9,17H,10-12H2,(H,19,25). The number of hydrogen-bond donors (Lipinski definition) is 1. The van der Waals surface area contributed by atoms with Crippen LogP contribution in [0.25, 0.3) is 11.0 Å². The molecule has 2 heterocycles. The lowest BCUT2D eigenvalue weighted by molar-refractivity contribution is -0.149. The zero-order chi connectivity index (χ0) is 17.2. The number of para-hydroxylation sites is 1. The van der Waals surface area contributed by atoms with E-state index in [2.05, 4.69) is 15.6 Å². The molecule has 1 aliphatic rings. The van der Waals surface area contributed by atoms with Crippen molar-refractivity contribution in [1.29, 1.82) is 0 Å². The van der Waals surface area contributed by atoms with Crippen molar-refractivity contribution in [1.82, 2.24) is 25.2 Å². The van der Waals surface area contributed by atoms with Crippen LogP contribution in [0, 0.1) is 0 Å². The van der Waals surface area contributed by atoms with Crippen LogP contribution in [-0.2, 0) is 16.3 Å². The number of amides is 2. The minimum absolute atomic E-state index is 0.00444. The van der Waals surface area contributed by atoms with Crippen LogP contribution in [0.2, 0.25) is 0 Å². The summed E-state index contributed by atoms with van der Waals surface area (Å²) in [5, 5.41) is 11.0. The molecule has 1 N–H and O–H groups in total. The first-order valence-corrected chi connectivity index (χ1v) is 8.14. The molecule has 4 rings (SSSR count). The number of β-lactam (4-membered cyclic amide) rings is 1. The molecule has 1 aromatic heterocycles. The van der Waals surface area contributed by atoms with Crippen molar-refractivity contribution in [2.24, 2.45) is 0 Å². The van der Waals surface area contributed by atoms with Gasteiger partial charge < -0.3 is 10.2 Å². The Morgan fingerprint density at radius 1 is 1.12 bits per heavy atom. The molecule has 1 saturated heterocycles. The van der Waals surface area contributed by atoms with Gasteiger partial charge in [-0.05, 0) is 17.7 Å². The third-order valence-corrected chi connectivity index (χ3v) is 4.39. The fraction of sp³-hybridized carbons (Fsp3) is 0.222. The molecule has 25 heavy (non-hydrogen) atoms. The minimum Gasteiger partial charge on any atom is -0.335 e. The number of nitrogens with one attached hydrogen (secondary N) is 1. The second-order valence-corrected chi connectivity index (χ2v) is 5.93. The van der Waals surface area contributed by atoms with Gasteiger partial charge in [-0.25, -0.2) is 4.68 Å². The largest absolute Gasteiger partial charge is 0.335 e. The molecule has 126 valence electrons. The van der Waals surface area contributed by atoms with Crippen LogP contribution in [0.5, 0.6) is 0 Å². The number of benzene rings is 2. The fourth-order valence-electron chi connectivity index (χ4n) is 3.00. The molecule has 1 aliphatic heterocycles. The van der Waals surface area contributed by atoms with Crippen molar-refractivity contribution in [3.05, 3.63) is 60.2 Å². The molecular formula is C18H17N5O2. The Morgan fingerprint density at radius 2 is 1.88 bits per heavy atom. The van der Waals surface area contributed by atoms with E-state index in [4.69, 9.17) is 0 Å². The van der Waals surface area contributed by atoms with Crippen molar-refractivity contribution in [3.63, 3.8) is 0 Å². The first-order chi connectivity index (χ1) is 12.2. The summed E-state index contributed by atoms with van der Waals surface area (Å²) in [6.07, 6.45) is 0.490. The first-order valence-electron chi connectivity index (χ1n) is 8.14. The topological polar surface area (TPSA) is 80.1 Å². The highest BCUT2D eigenvalue weighted by Crippen LogP contribution is 2.26. The maximum atomic E-state index is 12.8. The maximum absolute atomic E-state index is 12.8. The van der Waals surface area contributed by atoms with Gasteiger partial charge in [-0.1, -0.05) is 47.7 Å². The number of aromatic nitrogens is 3. The van der Waals surface area contributed by atoms with Crippen molar-refractivity contribution >= 4 is 22.8 Å². The molecule has 0 aliphatic carbocycles. The van der Waals surface area contributed by atoms with E-state index in [9.17, 15) is 9.59 Å². The van der Waals surface area contributed by atoms with Gasteiger partial charge >= 0.3 is 0 Å². The zero-order valence-electron chi connectivity index (χ0n) is 13.5. The summed E-state index contributed by atoms with van der Waals surface area (Å²) in [5.74, 6) is -0.228. The van der Waals surface area contributed by atoms with E-state index in [1.165, 1.54) is 0 Å². The van der Waals surface area contributed by atoms with E-state index in [0.29, 0.717) is 13.0 Å². The van der Waals surface area contributed by atoms with E-state index in [0.717, 1.165) is 16.6 Å². The van der Waals surface area contributed by atoms with E-state index in [-0.39, 0.29) is 18.5 Å². The van der Waals surface area contributed by atoms with Gasteiger partial charge in [0.15, 0.2) is 0 Å². The summed E-state index contributed by atoms with van der Waals surface area (Å²) in [6.45, 7) is 0.794. The molecule has 1 fully saturated rings. The number of nitrogens with zero attached hydrogens (tertiary/aromatic N) is 4. The average Bonchev–Trinajstić information content (AvgIpc) is 3.06. The van der Waals surface area contributed by atoms with Gasteiger partial charge in [0, 0.05) is 13.0 Å². The lowest BCUT2D eigenvalue weighted by Crippen LogP contribution is -2.51. The monoisotopic (exact) mass is 335 g/mol. The lowest BCUT2D eigenvalue weighted by atomic mass is 10.0. The van der Waals surface area contributed by atoms with Crippen LogP contribution in [0.1, 0.15) is 18.0 Å². The molecule has 7 nitrogen and oxygen atoms in total. The quantitative estimate of drug-likeness (QED) is 0.716. The molecule has 0 spiro atoms. The van der Waals surface area contributed by atoms with Crippen LogP contribution in [-0.4, -0.2) is 38.3 Å². The van der Waals surface area contributed by atoms with Gasteiger partial charge in [0.1, 0.15) is 18.2 Å². The lowest BCUT2D eigenvalue weighted by Gasteiger charge is -2.37. The van der Waals surface area contributed by atoms with Crippen LogP contribution < -0.4 is 5.32 Å². The van der Waals surface area contributed by atoms with E-state index < -0.39 is 6.04 Å². The molecule has 3 aromatic rings. The Hall–Kier alpha value is -3.22. The minimum atomic E-state index is -0.614. The van der Waals surface area contributed by atoms with Crippen LogP contribution >= 0.6 is 0 Å². The zero-order valence-corrected chi connectivity index (χ0v) is 13.5. The second-order valence-electron chi connectivity index (χ2n) is 5.93. The SMILES string of the molecule is O=C(NCn1nnc2ccccc21)C(c1ccccc1)N1CCC1=O. The Bertz CT molecular complexity index is 921. The smallest absolute Gasteiger partial charge is 0.248 e. The van der Waals surface area contributed by atoms with Crippen molar-refractivity contribution in [3.8, 4) is 0 Å². The molecule has 7 heteroatoms. The van der Waals surface area contributed by atoms with Gasteiger partial charge in [-0.2, -0.15) is 0 Å². The van der Waals surface area contributed by atoms with Gasteiger partial charge in [0.2, 0.25) is 11.8 Å². The summed E-state index contributed by atoms with van der Waals surface area (Å²) in [6, 6.07) is 16.3. The van der Waals surface area contributed by atoms with Gasteiger partial charge in [0.05, 0.1) is 5.52 Å². The molecule has 1 atom stereocenters. The summed E-state index contributed by atoms with van der Waals surface area (Å²) in [4.78, 5) is 26.3. The Kier molecular flexibility index (Phi) is 3.89. The average molecular weight is 335 g/mol. The highest BCUT2D eigenvalue weighted by Gasteiger charge is 2.36. The van der Waals surface area contributed by atoms with E-state index >= 15 is 0 Å². The third-order valence-electron chi connectivity index (χ3n) is 4.39. The number of likely N-dealkylation sites (tertiary alicyclic amines) is 1. The van der Waals surface area contributed by atoms with Crippen molar-refractivity contribution in [2.45, 2.75) is 19.1 Å². The predicted octanol–water partition coefficient (Wildman–Crippen LogP) is 1.48. The summed E-state index contributed by atoms with van der Waals surface area (Å²) >= 11 is 0. The highest BCUT2D eigenvalue weighted by atomic mass is 16.2. The van der Waals surface area contributed by atoms with Crippen LogP contribution in [0.15, 0.2) is 54.6 Å². The predicted molar refractivity (Wildman–Crippen MR) is 91.2 cm³/mol. The van der Waals surface area contributed by atoms with Crippen LogP contribution in [0.4, 0.5) is 0 Å². The van der Waals surface area contributed by atoms with Gasteiger partial charge in [0.25, 0.3) is 0 Å². The number of rotatable bonds is 5. The number of fused-ring (bicyclic) bond motifs is 1.